The Bertz CT molecular complexity index is 174. The zero-order valence-corrected chi connectivity index (χ0v) is 11.8. The summed E-state index contributed by atoms with van der Waals surface area (Å²) in [4.78, 5) is 11.3. The second-order valence-corrected chi connectivity index (χ2v) is 3.66. The smallest absolute Gasteiger partial charge is 0.299 e. The van der Waals surface area contributed by atoms with Gasteiger partial charge in [0.25, 0.3) is 0 Å². The van der Waals surface area contributed by atoms with Crippen molar-refractivity contribution in [3.63, 3.8) is 0 Å². The quantitative estimate of drug-likeness (QED) is 0.728. The van der Waals surface area contributed by atoms with Crippen LogP contribution in [0.5, 0.6) is 0 Å². The van der Waals surface area contributed by atoms with Crippen molar-refractivity contribution in [2.45, 2.75) is 26.2 Å². The van der Waals surface area contributed by atoms with E-state index >= 15 is 0 Å². The monoisotopic (exact) mass is 316 g/mol. The molecular weight excluding hydrogens is 297 g/mol. The summed E-state index contributed by atoms with van der Waals surface area (Å²) >= 11 is 0. The summed E-state index contributed by atoms with van der Waals surface area (Å²) in [6, 6.07) is 0. The summed E-state index contributed by atoms with van der Waals surface area (Å²) in [5.41, 5.74) is 0. The van der Waals surface area contributed by atoms with Crippen molar-refractivity contribution in [2.24, 2.45) is 0 Å². The normalized spacial score (nSPS) is 19.4. The molecule has 2 heteroatoms. The topological polar surface area (TPSA) is 17.1 Å². The second-order valence-electron chi connectivity index (χ2n) is 3.66. The van der Waals surface area contributed by atoms with Gasteiger partial charge in [0.05, 0.1) is 0 Å². The largest absolute Gasteiger partial charge is 2.00 e. The van der Waals surface area contributed by atoms with E-state index in [-0.39, 0.29) is 25.3 Å². The van der Waals surface area contributed by atoms with Crippen molar-refractivity contribution in [2.75, 3.05) is 0 Å². The van der Waals surface area contributed by atoms with Gasteiger partial charge in [-0.05, 0) is 64.2 Å². The molecule has 0 atom stereocenters. The minimum Gasteiger partial charge on any atom is -0.299 e. The molecule has 0 heterocycles. The molecule has 0 unspecified atom stereocenters. The van der Waals surface area contributed by atoms with Crippen LogP contribution in [0.15, 0.2) is 0 Å². The number of hydrogen-bond acceptors (Lipinski definition) is 1. The van der Waals surface area contributed by atoms with Gasteiger partial charge in [0.15, 0.2) is 0 Å². The SMILES string of the molecule is CCCCC(=O)[C]1[CH][CH][CH][CH]1.[CH]1[CH][CH][CH][CH]1.[Ru+2]. The van der Waals surface area contributed by atoms with E-state index in [1.54, 1.807) is 0 Å². The zero-order valence-electron chi connectivity index (χ0n) is 10.1. The predicted octanol–water partition coefficient (Wildman–Crippen LogP) is 3.17. The fourth-order valence-electron chi connectivity index (χ4n) is 1.36. The maximum absolute atomic E-state index is 11.3. The van der Waals surface area contributed by atoms with Gasteiger partial charge in [0.1, 0.15) is 5.78 Å². The van der Waals surface area contributed by atoms with Gasteiger partial charge in [-0.15, -0.1) is 0 Å². The molecule has 90 valence electrons. The minimum absolute atomic E-state index is 0. The maximum Gasteiger partial charge on any atom is 2.00 e. The first-order chi connectivity index (χ1) is 7.84. The standard InChI is InChI=1S/C10H13O.C5H5.Ru/c1-2-3-8-10(11)9-6-4-5-7-9;1-2-4-5-3-1;/h4-7H,2-3,8H2,1H3;1-5H;/q;;+2. The second kappa shape index (κ2) is 11.4. The van der Waals surface area contributed by atoms with Gasteiger partial charge in [-0.25, -0.2) is 0 Å². The molecule has 2 aliphatic rings. The van der Waals surface area contributed by atoms with Crippen LogP contribution in [0.3, 0.4) is 0 Å². The molecule has 0 aliphatic heterocycles. The molecule has 0 bridgehead atoms. The summed E-state index contributed by atoms with van der Waals surface area (Å²) < 4.78 is 0. The van der Waals surface area contributed by atoms with Crippen molar-refractivity contribution in [3.8, 4) is 0 Å². The number of hydrogen-bond donors (Lipinski definition) is 0. The number of unbranched alkanes of at least 4 members (excludes halogenated alkanes) is 1. The molecule has 2 rings (SSSR count). The third kappa shape index (κ3) is 8.08. The molecule has 1 nitrogen and oxygen atoms in total. The number of carbonyl (C=O) groups is 1. The van der Waals surface area contributed by atoms with Gasteiger partial charge in [-0.3, -0.25) is 4.79 Å². The Balaban J connectivity index is 0.000000360. The van der Waals surface area contributed by atoms with Crippen molar-refractivity contribution in [1.82, 2.24) is 0 Å². The number of rotatable bonds is 4. The minimum atomic E-state index is 0. The summed E-state index contributed by atoms with van der Waals surface area (Å²) in [6.07, 6.45) is 20.3. The third-order valence-electron chi connectivity index (χ3n) is 2.30. The Hall–Kier alpha value is 0.293. The Labute approximate surface area is 120 Å². The molecule has 2 aliphatic carbocycles. The van der Waals surface area contributed by atoms with Crippen molar-refractivity contribution >= 4 is 5.78 Å². The zero-order chi connectivity index (χ0) is 11.6. The molecule has 0 N–H and O–H groups in total. The molecule has 0 aromatic rings. The third-order valence-corrected chi connectivity index (χ3v) is 2.30. The van der Waals surface area contributed by atoms with E-state index in [4.69, 9.17) is 0 Å². The van der Waals surface area contributed by atoms with Crippen molar-refractivity contribution in [1.29, 1.82) is 0 Å². The van der Waals surface area contributed by atoms with Crippen molar-refractivity contribution in [3.05, 3.63) is 63.7 Å². The van der Waals surface area contributed by atoms with E-state index in [1.807, 2.05) is 57.8 Å². The fraction of sp³-hybridized carbons (Fsp3) is 0.267. The van der Waals surface area contributed by atoms with E-state index in [1.165, 1.54) is 0 Å². The summed E-state index contributed by atoms with van der Waals surface area (Å²) in [6.45, 7) is 2.10. The van der Waals surface area contributed by atoms with Crippen LogP contribution in [0.4, 0.5) is 0 Å². The summed E-state index contributed by atoms with van der Waals surface area (Å²) in [7, 11) is 0. The van der Waals surface area contributed by atoms with E-state index in [0.717, 1.165) is 18.8 Å². The van der Waals surface area contributed by atoms with Crippen LogP contribution >= 0.6 is 0 Å². The first-order valence-corrected chi connectivity index (χ1v) is 5.76. The molecule has 17 heavy (non-hydrogen) atoms. The molecular formula is C15H18ORu+2. The Morgan fingerprint density at radius 2 is 1.41 bits per heavy atom. The van der Waals surface area contributed by atoms with Crippen LogP contribution in [0.1, 0.15) is 26.2 Å². The van der Waals surface area contributed by atoms with Crippen LogP contribution in [0.25, 0.3) is 0 Å². The fourth-order valence-corrected chi connectivity index (χ4v) is 1.36. The average molecular weight is 315 g/mol. The van der Waals surface area contributed by atoms with E-state index < -0.39 is 0 Å². The van der Waals surface area contributed by atoms with Crippen LogP contribution in [0, 0.1) is 63.7 Å². The van der Waals surface area contributed by atoms with Gasteiger partial charge < -0.3 is 0 Å². The van der Waals surface area contributed by atoms with E-state index in [2.05, 4.69) is 6.92 Å². The van der Waals surface area contributed by atoms with E-state index in [0.29, 0.717) is 6.42 Å². The van der Waals surface area contributed by atoms with Crippen molar-refractivity contribution < 1.29 is 24.3 Å². The Morgan fingerprint density at radius 3 is 1.82 bits per heavy atom. The first kappa shape index (κ1) is 17.3. The van der Waals surface area contributed by atoms with Crippen LogP contribution < -0.4 is 0 Å². The average Bonchev–Trinajstić information content (AvgIpc) is 2.98. The number of carbonyl (C=O) groups excluding carboxylic acids is 1. The van der Waals surface area contributed by atoms with Gasteiger partial charge in [-0.1, -0.05) is 13.3 Å². The molecule has 0 saturated heterocycles. The van der Waals surface area contributed by atoms with Gasteiger partial charge >= 0.3 is 19.5 Å². The molecule has 0 aromatic carbocycles. The summed E-state index contributed by atoms with van der Waals surface area (Å²) in [5.74, 6) is 1.13. The van der Waals surface area contributed by atoms with Gasteiger partial charge in [-0.2, -0.15) is 0 Å². The van der Waals surface area contributed by atoms with Gasteiger partial charge in [0, 0.05) is 12.3 Å². The van der Waals surface area contributed by atoms with Crippen LogP contribution in [0.2, 0.25) is 0 Å². The predicted molar refractivity (Wildman–Crippen MR) is 66.5 cm³/mol. The van der Waals surface area contributed by atoms with Gasteiger partial charge in [0.2, 0.25) is 0 Å². The molecule has 2 saturated carbocycles. The molecule has 0 amide bonds. The molecule has 0 spiro atoms. The molecule has 2 fully saturated rings. The Kier molecular flexibility index (Phi) is 11.6. The van der Waals surface area contributed by atoms with Crippen LogP contribution in [-0.2, 0) is 24.3 Å². The number of ketones is 1. The molecule has 0 aromatic heterocycles. The first-order valence-electron chi connectivity index (χ1n) is 5.76. The molecule has 10 radical (unpaired) electrons. The maximum atomic E-state index is 11.3. The summed E-state index contributed by atoms with van der Waals surface area (Å²) in [5, 5.41) is 0. The van der Waals surface area contributed by atoms with E-state index in [9.17, 15) is 4.79 Å². The number of Topliss-reactive ketones (excluding diaryl/α,β-unsaturated/α-hetero) is 1. The Morgan fingerprint density at radius 1 is 0.941 bits per heavy atom. The van der Waals surface area contributed by atoms with Crippen LogP contribution in [-0.4, -0.2) is 5.78 Å².